The Kier molecular flexibility index (Phi) is 8.90. The Labute approximate surface area is 177 Å². The van der Waals surface area contributed by atoms with E-state index >= 15 is 0 Å². The van der Waals surface area contributed by atoms with Gasteiger partial charge in [-0.3, -0.25) is 10.3 Å². The highest BCUT2D eigenvalue weighted by Gasteiger charge is 2.39. The Morgan fingerprint density at radius 3 is 2.07 bits per heavy atom. The summed E-state index contributed by atoms with van der Waals surface area (Å²) in [5.41, 5.74) is 5.14. The van der Waals surface area contributed by atoms with Gasteiger partial charge in [-0.1, -0.05) is 69.3 Å². The molecule has 0 heterocycles. The number of benzene rings is 2. The lowest BCUT2D eigenvalue weighted by Crippen LogP contribution is -2.45. The van der Waals surface area contributed by atoms with Crippen molar-refractivity contribution in [2.75, 3.05) is 12.1 Å². The summed E-state index contributed by atoms with van der Waals surface area (Å²) < 4.78 is 6.73. The maximum atomic E-state index is 9.89. The third-order valence-corrected chi connectivity index (χ3v) is 10.2. The zero-order valence-corrected chi connectivity index (χ0v) is 19.5. The minimum Gasteiger partial charge on any atom is -0.414 e. The van der Waals surface area contributed by atoms with Gasteiger partial charge in [0.1, 0.15) is 6.10 Å². The zero-order valence-electron chi connectivity index (χ0n) is 18.5. The van der Waals surface area contributed by atoms with Crippen LogP contribution in [0, 0.1) is 0 Å². The van der Waals surface area contributed by atoms with Gasteiger partial charge in [-0.2, -0.15) is 0 Å². The van der Waals surface area contributed by atoms with Crippen molar-refractivity contribution in [3.63, 3.8) is 0 Å². The van der Waals surface area contributed by atoms with Crippen LogP contribution in [0.5, 0.6) is 0 Å². The molecular formula is C24H37NO3Si. The number of aliphatic hydroxyl groups is 1. The molecule has 5 heteroatoms. The summed E-state index contributed by atoms with van der Waals surface area (Å²) in [6.07, 6.45) is 2.20. The molecule has 0 aliphatic rings. The van der Waals surface area contributed by atoms with Crippen LogP contribution in [0.4, 0.5) is 5.69 Å². The fourth-order valence-corrected chi connectivity index (χ4v) is 4.30. The number of para-hydroxylation sites is 1. The quantitative estimate of drug-likeness (QED) is 0.359. The third kappa shape index (κ3) is 7.94. The van der Waals surface area contributed by atoms with Gasteiger partial charge in [-0.15, -0.1) is 0 Å². The van der Waals surface area contributed by atoms with Crippen LogP contribution in [0.2, 0.25) is 18.1 Å². The van der Waals surface area contributed by atoms with E-state index in [-0.39, 0.29) is 23.9 Å². The first-order valence-corrected chi connectivity index (χ1v) is 13.4. The normalized spacial score (nSPS) is 14.4. The second kappa shape index (κ2) is 10.9. The second-order valence-corrected chi connectivity index (χ2v) is 13.9. The van der Waals surface area contributed by atoms with Crippen molar-refractivity contribution >= 4 is 14.0 Å². The van der Waals surface area contributed by atoms with Gasteiger partial charge >= 0.3 is 0 Å². The van der Waals surface area contributed by atoms with Crippen molar-refractivity contribution in [2.24, 2.45) is 0 Å². The number of nitrogens with one attached hydrogen (secondary N) is 1. The van der Waals surface area contributed by atoms with E-state index in [2.05, 4.69) is 63.6 Å². The minimum atomic E-state index is -1.93. The van der Waals surface area contributed by atoms with Gasteiger partial charge in [-0.05, 0) is 48.7 Å². The molecular weight excluding hydrogens is 378 g/mol. The molecule has 160 valence electrons. The van der Waals surface area contributed by atoms with Gasteiger partial charge in [0.15, 0.2) is 8.32 Å². The highest BCUT2D eigenvalue weighted by molar-refractivity contribution is 6.74. The standard InChI is InChI=1S/C24H37NO3Si/c1-24(2,3)29(4,5)28-22(17-16-20-12-8-6-9-13-20)18-23(19-26)27-25-21-14-10-7-11-15-21/h6-15,22-23,25-26H,16-19H2,1-5H3/t22-,23-/m1/s1. The fourth-order valence-electron chi connectivity index (χ4n) is 2.90. The number of hydrogen-bond acceptors (Lipinski definition) is 4. The molecule has 0 spiro atoms. The monoisotopic (exact) mass is 415 g/mol. The summed E-state index contributed by atoms with van der Waals surface area (Å²) >= 11 is 0. The molecule has 0 amide bonds. The van der Waals surface area contributed by atoms with Gasteiger partial charge in [0.05, 0.1) is 12.3 Å². The molecule has 2 N–H and O–H groups in total. The molecule has 0 aliphatic heterocycles. The fraction of sp³-hybridized carbons (Fsp3) is 0.500. The number of anilines is 1. The van der Waals surface area contributed by atoms with Crippen LogP contribution in [-0.2, 0) is 15.7 Å². The van der Waals surface area contributed by atoms with E-state index in [0.29, 0.717) is 6.42 Å². The van der Waals surface area contributed by atoms with Crippen LogP contribution >= 0.6 is 0 Å². The summed E-state index contributed by atoms with van der Waals surface area (Å²) in [7, 11) is -1.93. The number of aryl methyl sites for hydroxylation is 1. The first-order chi connectivity index (χ1) is 13.7. The molecule has 0 fully saturated rings. The summed E-state index contributed by atoms with van der Waals surface area (Å²) in [6, 6.07) is 20.2. The van der Waals surface area contributed by atoms with Gasteiger partial charge in [0.25, 0.3) is 0 Å². The Morgan fingerprint density at radius 2 is 1.52 bits per heavy atom. The zero-order chi connectivity index (χ0) is 21.3. The van der Waals surface area contributed by atoms with Crippen LogP contribution in [0.3, 0.4) is 0 Å². The molecule has 0 aliphatic carbocycles. The summed E-state index contributed by atoms with van der Waals surface area (Å²) in [5, 5.41) is 10.0. The highest BCUT2D eigenvalue weighted by Crippen LogP contribution is 2.38. The van der Waals surface area contributed by atoms with Crippen LogP contribution in [0.15, 0.2) is 60.7 Å². The predicted octanol–water partition coefficient (Wildman–Crippen LogP) is 5.80. The molecule has 0 radical (unpaired) electrons. The van der Waals surface area contributed by atoms with Gasteiger partial charge < -0.3 is 9.53 Å². The third-order valence-electron chi connectivity index (χ3n) is 5.71. The smallest absolute Gasteiger partial charge is 0.192 e. The topological polar surface area (TPSA) is 50.7 Å². The van der Waals surface area contributed by atoms with Crippen molar-refractivity contribution in [1.82, 2.24) is 0 Å². The van der Waals surface area contributed by atoms with Crippen molar-refractivity contribution in [2.45, 2.75) is 70.4 Å². The average Bonchev–Trinajstić information content (AvgIpc) is 2.69. The predicted molar refractivity (Wildman–Crippen MR) is 123 cm³/mol. The molecule has 0 aromatic heterocycles. The number of aliphatic hydroxyl groups excluding tert-OH is 1. The van der Waals surface area contributed by atoms with Crippen LogP contribution < -0.4 is 5.48 Å². The van der Waals surface area contributed by atoms with Gasteiger partial charge in [0.2, 0.25) is 0 Å². The van der Waals surface area contributed by atoms with E-state index in [1.807, 2.05) is 36.4 Å². The summed E-state index contributed by atoms with van der Waals surface area (Å²) in [6.45, 7) is 11.3. The van der Waals surface area contributed by atoms with Crippen LogP contribution in [0.1, 0.15) is 39.2 Å². The van der Waals surface area contributed by atoms with E-state index in [1.54, 1.807) is 0 Å². The van der Waals surface area contributed by atoms with Crippen molar-refractivity contribution in [1.29, 1.82) is 0 Å². The number of hydrogen-bond donors (Lipinski definition) is 2. The molecule has 2 aromatic carbocycles. The van der Waals surface area contributed by atoms with Crippen molar-refractivity contribution < 1.29 is 14.4 Å². The summed E-state index contributed by atoms with van der Waals surface area (Å²) in [4.78, 5) is 5.80. The minimum absolute atomic E-state index is 0.0332. The lowest BCUT2D eigenvalue weighted by atomic mass is 10.0. The Bertz CT molecular complexity index is 701. The van der Waals surface area contributed by atoms with E-state index in [4.69, 9.17) is 9.26 Å². The molecule has 29 heavy (non-hydrogen) atoms. The molecule has 2 aromatic rings. The van der Waals surface area contributed by atoms with Crippen molar-refractivity contribution in [3.8, 4) is 0 Å². The maximum Gasteiger partial charge on any atom is 0.192 e. The van der Waals surface area contributed by atoms with Crippen LogP contribution in [0.25, 0.3) is 0 Å². The highest BCUT2D eigenvalue weighted by atomic mass is 28.4. The van der Waals surface area contributed by atoms with Gasteiger partial charge in [0, 0.05) is 12.5 Å². The molecule has 0 bridgehead atoms. The van der Waals surface area contributed by atoms with Crippen LogP contribution in [-0.4, -0.2) is 32.2 Å². The van der Waals surface area contributed by atoms with E-state index < -0.39 is 8.32 Å². The van der Waals surface area contributed by atoms with Crippen molar-refractivity contribution in [3.05, 3.63) is 66.2 Å². The average molecular weight is 416 g/mol. The van der Waals surface area contributed by atoms with Gasteiger partial charge in [-0.25, -0.2) is 0 Å². The largest absolute Gasteiger partial charge is 0.414 e. The lowest BCUT2D eigenvalue weighted by molar-refractivity contribution is 0.00979. The molecule has 0 unspecified atom stereocenters. The Morgan fingerprint density at radius 1 is 0.931 bits per heavy atom. The summed E-state index contributed by atoms with van der Waals surface area (Å²) in [5.74, 6) is 0. The SMILES string of the molecule is CC(C)(C)[Si](C)(C)O[C@H](CCc1ccccc1)C[C@H](CO)ONc1ccccc1. The second-order valence-electron chi connectivity index (χ2n) is 9.15. The number of rotatable bonds is 11. The molecule has 2 atom stereocenters. The van der Waals surface area contributed by atoms with E-state index in [1.165, 1.54) is 5.56 Å². The molecule has 0 saturated heterocycles. The molecule has 0 saturated carbocycles. The molecule has 4 nitrogen and oxygen atoms in total. The Hall–Kier alpha value is -1.66. The lowest BCUT2D eigenvalue weighted by Gasteiger charge is -2.40. The van der Waals surface area contributed by atoms with E-state index in [0.717, 1.165) is 18.5 Å². The molecule has 2 rings (SSSR count). The first-order valence-electron chi connectivity index (χ1n) is 10.5. The first kappa shape index (κ1) is 23.6. The Balaban J connectivity index is 2.03. The van der Waals surface area contributed by atoms with E-state index in [9.17, 15) is 5.11 Å². The maximum absolute atomic E-state index is 9.89.